The molecule has 0 unspecified atom stereocenters. The third kappa shape index (κ3) is 4.52. The molecule has 1 amide bonds. The molecule has 29 heavy (non-hydrogen) atoms. The number of pyridine rings is 1. The minimum absolute atomic E-state index is 0.206. The number of ether oxygens (including phenoxy) is 1. The average Bonchev–Trinajstić information content (AvgIpc) is 2.67. The Morgan fingerprint density at radius 3 is 2.66 bits per heavy atom. The van der Waals surface area contributed by atoms with Crippen LogP contribution in [0.2, 0.25) is 0 Å². The van der Waals surface area contributed by atoms with Crippen LogP contribution in [0, 0.1) is 29.8 Å². The molecule has 0 aliphatic heterocycles. The van der Waals surface area contributed by atoms with E-state index in [2.05, 4.69) is 10.3 Å². The number of carbonyl (C=O) groups is 2. The molecule has 0 aliphatic carbocycles. The lowest BCUT2D eigenvalue weighted by Gasteiger charge is -2.09. The van der Waals surface area contributed by atoms with Crippen LogP contribution in [0.4, 0.5) is 15.8 Å². The van der Waals surface area contributed by atoms with Crippen LogP contribution in [0.1, 0.15) is 21.6 Å². The summed E-state index contributed by atoms with van der Waals surface area (Å²) in [5.41, 5.74) is 1.62. The van der Waals surface area contributed by atoms with Crippen LogP contribution in [0.15, 0.2) is 42.5 Å². The molecule has 0 bridgehead atoms. The monoisotopic (exact) mass is 397 g/mol. The molecule has 8 nitrogen and oxygen atoms in total. The molecular weight excluding hydrogens is 381 g/mol. The summed E-state index contributed by atoms with van der Waals surface area (Å²) in [6, 6.07) is 9.97. The molecule has 148 valence electrons. The number of hydrogen-bond donors (Lipinski definition) is 1. The maximum absolute atomic E-state index is 13.7. The van der Waals surface area contributed by atoms with Gasteiger partial charge in [0, 0.05) is 17.5 Å². The summed E-state index contributed by atoms with van der Waals surface area (Å²) >= 11 is 0. The summed E-state index contributed by atoms with van der Waals surface area (Å²) in [6.45, 7) is 2.87. The highest BCUT2D eigenvalue weighted by Gasteiger charge is 2.17. The number of aryl methyl sites for hydroxylation is 2. The number of nitrogens with zero attached hydrogens (tertiary/aromatic N) is 2. The molecule has 0 fully saturated rings. The van der Waals surface area contributed by atoms with E-state index in [0.29, 0.717) is 5.69 Å². The molecule has 2 aromatic carbocycles. The molecular formula is C20H16FN3O5. The Bertz CT molecular complexity index is 1150. The number of anilines is 1. The molecule has 0 radical (unpaired) electrons. The van der Waals surface area contributed by atoms with E-state index < -0.39 is 29.2 Å². The first-order chi connectivity index (χ1) is 13.7. The standard InChI is InChI=1S/C20H16FN3O5/c1-11-3-6-17-13(7-11)8-15(12(2)22-17)20(26)29-10-19(25)23-18-9-14(24(27)28)4-5-16(18)21/h3-9H,10H2,1-2H3,(H,23,25). The number of carbonyl (C=O) groups excluding carboxylic acids is 2. The fourth-order valence-electron chi connectivity index (χ4n) is 2.72. The number of hydrogen-bond acceptors (Lipinski definition) is 6. The molecule has 1 N–H and O–H groups in total. The molecule has 0 aliphatic rings. The van der Waals surface area contributed by atoms with Crippen LogP contribution in [0.25, 0.3) is 10.9 Å². The van der Waals surface area contributed by atoms with Gasteiger partial charge in [-0.2, -0.15) is 0 Å². The van der Waals surface area contributed by atoms with E-state index in [1.54, 1.807) is 13.0 Å². The van der Waals surface area contributed by atoms with Gasteiger partial charge in [-0.1, -0.05) is 11.6 Å². The van der Waals surface area contributed by atoms with Crippen molar-refractivity contribution < 1.29 is 23.6 Å². The third-order valence-corrected chi connectivity index (χ3v) is 4.15. The Morgan fingerprint density at radius 1 is 1.17 bits per heavy atom. The van der Waals surface area contributed by atoms with Gasteiger partial charge in [0.15, 0.2) is 6.61 Å². The largest absolute Gasteiger partial charge is 0.452 e. The lowest BCUT2D eigenvalue weighted by atomic mass is 10.1. The number of aromatic nitrogens is 1. The number of nitro benzene ring substituents is 1. The van der Waals surface area contributed by atoms with E-state index in [-0.39, 0.29) is 16.9 Å². The quantitative estimate of drug-likeness (QED) is 0.399. The summed E-state index contributed by atoms with van der Waals surface area (Å²) in [5.74, 6) is -2.44. The van der Waals surface area contributed by atoms with Gasteiger partial charge in [0.25, 0.3) is 11.6 Å². The molecule has 0 saturated carbocycles. The van der Waals surface area contributed by atoms with E-state index >= 15 is 0 Å². The normalized spacial score (nSPS) is 10.6. The highest BCUT2D eigenvalue weighted by molar-refractivity contribution is 5.98. The molecule has 0 spiro atoms. The Hall–Kier alpha value is -3.88. The minimum atomic E-state index is -0.847. The average molecular weight is 397 g/mol. The van der Waals surface area contributed by atoms with Crippen LogP contribution < -0.4 is 5.32 Å². The zero-order valence-corrected chi connectivity index (χ0v) is 15.6. The second kappa shape index (κ2) is 8.01. The van der Waals surface area contributed by atoms with Gasteiger partial charge in [0.2, 0.25) is 0 Å². The van der Waals surface area contributed by atoms with Gasteiger partial charge >= 0.3 is 5.97 Å². The number of halogens is 1. The van der Waals surface area contributed by atoms with Gasteiger partial charge in [-0.25, -0.2) is 9.18 Å². The highest BCUT2D eigenvalue weighted by atomic mass is 19.1. The van der Waals surface area contributed by atoms with E-state index in [1.807, 2.05) is 25.1 Å². The first kappa shape index (κ1) is 19.9. The van der Waals surface area contributed by atoms with Gasteiger partial charge in [-0.15, -0.1) is 0 Å². The zero-order valence-electron chi connectivity index (χ0n) is 15.6. The summed E-state index contributed by atoms with van der Waals surface area (Å²) in [6.07, 6.45) is 0. The van der Waals surface area contributed by atoms with Crippen molar-refractivity contribution >= 4 is 34.2 Å². The number of amides is 1. The number of nitro groups is 1. The number of esters is 1. The van der Waals surface area contributed by atoms with Crippen molar-refractivity contribution in [1.82, 2.24) is 4.98 Å². The molecule has 0 saturated heterocycles. The van der Waals surface area contributed by atoms with E-state index in [1.165, 1.54) is 0 Å². The predicted octanol–water partition coefficient (Wildman–Crippen LogP) is 3.69. The summed E-state index contributed by atoms with van der Waals surface area (Å²) in [4.78, 5) is 38.7. The van der Waals surface area contributed by atoms with Crippen molar-refractivity contribution in [2.45, 2.75) is 13.8 Å². The van der Waals surface area contributed by atoms with Crippen LogP contribution in [0.5, 0.6) is 0 Å². The van der Waals surface area contributed by atoms with Gasteiger partial charge in [-0.05, 0) is 38.1 Å². The summed E-state index contributed by atoms with van der Waals surface area (Å²) < 4.78 is 18.7. The van der Waals surface area contributed by atoms with Gasteiger partial charge in [0.05, 0.1) is 27.4 Å². The molecule has 1 aromatic heterocycles. The summed E-state index contributed by atoms with van der Waals surface area (Å²) in [7, 11) is 0. The van der Waals surface area contributed by atoms with Crippen molar-refractivity contribution in [3.05, 3.63) is 75.2 Å². The van der Waals surface area contributed by atoms with Crippen molar-refractivity contribution in [3.63, 3.8) is 0 Å². The molecule has 3 rings (SSSR count). The van der Waals surface area contributed by atoms with Gasteiger partial charge < -0.3 is 10.1 Å². The minimum Gasteiger partial charge on any atom is -0.452 e. The fourth-order valence-corrected chi connectivity index (χ4v) is 2.72. The highest BCUT2D eigenvalue weighted by Crippen LogP contribution is 2.21. The van der Waals surface area contributed by atoms with Crippen LogP contribution >= 0.6 is 0 Å². The van der Waals surface area contributed by atoms with Crippen molar-refractivity contribution in [2.75, 3.05) is 11.9 Å². The fraction of sp³-hybridized carbons (Fsp3) is 0.150. The molecule has 3 aromatic rings. The second-order valence-corrected chi connectivity index (χ2v) is 6.36. The van der Waals surface area contributed by atoms with E-state index in [0.717, 1.165) is 34.7 Å². The van der Waals surface area contributed by atoms with Crippen LogP contribution in [-0.4, -0.2) is 28.4 Å². The second-order valence-electron chi connectivity index (χ2n) is 6.36. The maximum Gasteiger partial charge on any atom is 0.340 e. The van der Waals surface area contributed by atoms with Gasteiger partial charge in [0.1, 0.15) is 5.82 Å². The third-order valence-electron chi connectivity index (χ3n) is 4.15. The number of non-ortho nitro benzene ring substituents is 1. The Kier molecular flexibility index (Phi) is 5.49. The van der Waals surface area contributed by atoms with Gasteiger partial charge in [-0.3, -0.25) is 19.9 Å². The van der Waals surface area contributed by atoms with E-state index in [4.69, 9.17) is 4.74 Å². The number of rotatable bonds is 5. The number of fused-ring (bicyclic) bond motifs is 1. The lowest BCUT2D eigenvalue weighted by molar-refractivity contribution is -0.384. The molecule has 9 heteroatoms. The molecule has 1 heterocycles. The topological polar surface area (TPSA) is 111 Å². The lowest BCUT2D eigenvalue weighted by Crippen LogP contribution is -2.22. The zero-order chi connectivity index (χ0) is 21.1. The SMILES string of the molecule is Cc1ccc2nc(C)c(C(=O)OCC(=O)Nc3cc([N+](=O)[O-])ccc3F)cc2c1. The first-order valence-corrected chi connectivity index (χ1v) is 8.53. The Balaban J connectivity index is 1.70. The van der Waals surface area contributed by atoms with Crippen molar-refractivity contribution in [1.29, 1.82) is 0 Å². The Morgan fingerprint density at radius 2 is 1.93 bits per heavy atom. The summed E-state index contributed by atoms with van der Waals surface area (Å²) in [5, 5.41) is 13.7. The smallest absolute Gasteiger partial charge is 0.340 e. The van der Waals surface area contributed by atoms with Crippen molar-refractivity contribution in [2.24, 2.45) is 0 Å². The Labute approximate surface area is 164 Å². The van der Waals surface area contributed by atoms with E-state index in [9.17, 15) is 24.1 Å². The molecule has 0 atom stereocenters. The van der Waals surface area contributed by atoms with Crippen molar-refractivity contribution in [3.8, 4) is 0 Å². The number of benzene rings is 2. The first-order valence-electron chi connectivity index (χ1n) is 8.53. The van der Waals surface area contributed by atoms with Crippen LogP contribution in [-0.2, 0) is 9.53 Å². The predicted molar refractivity (Wildman–Crippen MR) is 103 cm³/mol. The number of nitrogens with one attached hydrogen (secondary N) is 1. The maximum atomic E-state index is 13.7. The van der Waals surface area contributed by atoms with Crippen LogP contribution in [0.3, 0.4) is 0 Å².